The number of nitrogens with zero attached hydrogens (tertiary/aromatic N) is 1. The molecular formula is C11H15ClN2O2. The van der Waals surface area contributed by atoms with E-state index in [1.165, 1.54) is 6.20 Å². The van der Waals surface area contributed by atoms with Gasteiger partial charge in [0.2, 0.25) is 0 Å². The van der Waals surface area contributed by atoms with Crippen LogP contribution in [0, 0.1) is 0 Å². The Bertz CT molecular complexity index is 361. The first-order valence-electron chi connectivity index (χ1n) is 5.05. The van der Waals surface area contributed by atoms with E-state index >= 15 is 0 Å². The Morgan fingerprint density at radius 2 is 2.31 bits per heavy atom. The maximum absolute atomic E-state index is 11.8. The van der Waals surface area contributed by atoms with Gasteiger partial charge in [0.15, 0.2) is 0 Å². The molecule has 1 aromatic heterocycles. The summed E-state index contributed by atoms with van der Waals surface area (Å²) >= 11 is 5.67. The molecule has 4 nitrogen and oxygen atoms in total. The molecule has 0 radical (unpaired) electrons. The molecule has 16 heavy (non-hydrogen) atoms. The summed E-state index contributed by atoms with van der Waals surface area (Å²) in [5.41, 5.74) is -0.323. The summed E-state index contributed by atoms with van der Waals surface area (Å²) in [6, 6.07) is 3.15. The summed E-state index contributed by atoms with van der Waals surface area (Å²) < 4.78 is 0. The number of pyridine rings is 1. The van der Waals surface area contributed by atoms with Gasteiger partial charge in [-0.05, 0) is 25.5 Å². The first kappa shape index (κ1) is 12.9. The fourth-order valence-corrected chi connectivity index (χ4v) is 1.20. The predicted octanol–water partition coefficient (Wildman–Crippen LogP) is 1.63. The lowest BCUT2D eigenvalue weighted by atomic mass is 10.00. The first-order valence-corrected chi connectivity index (χ1v) is 5.43. The van der Waals surface area contributed by atoms with E-state index in [1.54, 1.807) is 19.1 Å². The van der Waals surface area contributed by atoms with E-state index in [2.05, 4.69) is 10.3 Å². The van der Waals surface area contributed by atoms with E-state index in [4.69, 9.17) is 16.7 Å². The minimum absolute atomic E-state index is 0.108. The molecule has 0 aliphatic rings. The molecule has 0 fully saturated rings. The smallest absolute Gasteiger partial charge is 0.270 e. The number of aliphatic hydroxyl groups is 1. The summed E-state index contributed by atoms with van der Waals surface area (Å²) in [4.78, 5) is 15.7. The molecule has 1 atom stereocenters. The summed E-state index contributed by atoms with van der Waals surface area (Å²) in [6.45, 7) is 3.56. The summed E-state index contributed by atoms with van der Waals surface area (Å²) in [6.07, 6.45) is 2.06. The number of nitrogens with one attached hydrogen (secondary N) is 1. The molecule has 0 saturated heterocycles. The molecule has 1 rings (SSSR count). The van der Waals surface area contributed by atoms with E-state index in [-0.39, 0.29) is 18.2 Å². The fourth-order valence-electron chi connectivity index (χ4n) is 1.09. The van der Waals surface area contributed by atoms with Crippen LogP contribution in [0.25, 0.3) is 0 Å². The average Bonchev–Trinajstić information content (AvgIpc) is 2.29. The minimum atomic E-state index is -0.613. The SMILES string of the molecule is CCC(C)(CO)NC(=O)c1ccc(Cl)cn1. The molecule has 5 heteroatoms. The van der Waals surface area contributed by atoms with Gasteiger partial charge < -0.3 is 10.4 Å². The molecule has 0 spiro atoms. The molecule has 0 aromatic carbocycles. The maximum atomic E-state index is 11.8. The van der Waals surface area contributed by atoms with Crippen molar-refractivity contribution >= 4 is 17.5 Å². The maximum Gasteiger partial charge on any atom is 0.270 e. The monoisotopic (exact) mass is 242 g/mol. The largest absolute Gasteiger partial charge is 0.394 e. The van der Waals surface area contributed by atoms with Crippen LogP contribution in [0.1, 0.15) is 30.8 Å². The van der Waals surface area contributed by atoms with Gasteiger partial charge in [0.1, 0.15) is 5.69 Å². The number of amides is 1. The lowest BCUT2D eigenvalue weighted by molar-refractivity contribution is 0.0842. The number of hydrogen-bond donors (Lipinski definition) is 2. The lowest BCUT2D eigenvalue weighted by Gasteiger charge is -2.26. The van der Waals surface area contributed by atoms with Gasteiger partial charge in [-0.3, -0.25) is 4.79 Å². The normalized spacial score (nSPS) is 14.2. The Morgan fingerprint density at radius 1 is 1.62 bits per heavy atom. The molecule has 0 bridgehead atoms. The van der Waals surface area contributed by atoms with Crippen molar-refractivity contribution in [2.75, 3.05) is 6.61 Å². The topological polar surface area (TPSA) is 62.2 Å². The highest BCUT2D eigenvalue weighted by molar-refractivity contribution is 6.30. The quantitative estimate of drug-likeness (QED) is 0.844. The second-order valence-electron chi connectivity index (χ2n) is 3.89. The third kappa shape index (κ3) is 3.18. The molecule has 1 amide bonds. The minimum Gasteiger partial charge on any atom is -0.394 e. The van der Waals surface area contributed by atoms with Gasteiger partial charge in [0.25, 0.3) is 5.91 Å². The number of hydrogen-bond acceptors (Lipinski definition) is 3. The molecule has 0 aliphatic heterocycles. The molecule has 0 saturated carbocycles. The van der Waals surface area contributed by atoms with Crippen LogP contribution >= 0.6 is 11.6 Å². The van der Waals surface area contributed by atoms with Gasteiger partial charge in [-0.15, -0.1) is 0 Å². The highest BCUT2D eigenvalue weighted by Crippen LogP contribution is 2.10. The van der Waals surface area contributed by atoms with Crippen molar-refractivity contribution in [2.24, 2.45) is 0 Å². The molecule has 1 unspecified atom stereocenters. The van der Waals surface area contributed by atoms with Crippen LogP contribution in [-0.2, 0) is 0 Å². The highest BCUT2D eigenvalue weighted by atomic mass is 35.5. The van der Waals surface area contributed by atoms with Crippen molar-refractivity contribution in [2.45, 2.75) is 25.8 Å². The Balaban J connectivity index is 2.76. The van der Waals surface area contributed by atoms with Crippen molar-refractivity contribution in [3.8, 4) is 0 Å². The van der Waals surface area contributed by atoms with Crippen LogP contribution in [0.15, 0.2) is 18.3 Å². The summed E-state index contributed by atoms with van der Waals surface area (Å²) in [7, 11) is 0. The average molecular weight is 243 g/mol. The Labute approximate surface area is 99.6 Å². The molecule has 1 heterocycles. The van der Waals surface area contributed by atoms with Gasteiger partial charge >= 0.3 is 0 Å². The summed E-state index contributed by atoms with van der Waals surface area (Å²) in [5, 5.41) is 12.4. The van der Waals surface area contributed by atoms with Crippen LogP contribution in [0.3, 0.4) is 0 Å². The Hall–Kier alpha value is -1.13. The van der Waals surface area contributed by atoms with Gasteiger partial charge in [-0.25, -0.2) is 4.98 Å². The van der Waals surface area contributed by atoms with Gasteiger partial charge in [0.05, 0.1) is 17.2 Å². The highest BCUT2D eigenvalue weighted by Gasteiger charge is 2.24. The molecule has 1 aromatic rings. The molecule has 0 aliphatic carbocycles. The van der Waals surface area contributed by atoms with Crippen molar-refractivity contribution in [1.82, 2.24) is 10.3 Å². The van der Waals surface area contributed by atoms with Crippen LogP contribution in [0.2, 0.25) is 5.02 Å². The third-order valence-corrected chi connectivity index (χ3v) is 2.73. The third-order valence-electron chi connectivity index (χ3n) is 2.50. The zero-order valence-corrected chi connectivity index (χ0v) is 10.1. The number of aromatic nitrogens is 1. The van der Waals surface area contributed by atoms with Crippen LogP contribution in [0.5, 0.6) is 0 Å². The fraction of sp³-hybridized carbons (Fsp3) is 0.455. The zero-order chi connectivity index (χ0) is 12.2. The van der Waals surface area contributed by atoms with Crippen molar-refractivity contribution in [3.63, 3.8) is 0 Å². The van der Waals surface area contributed by atoms with Crippen molar-refractivity contribution in [1.29, 1.82) is 0 Å². The zero-order valence-electron chi connectivity index (χ0n) is 9.33. The molecule has 2 N–H and O–H groups in total. The van der Waals surface area contributed by atoms with Crippen molar-refractivity contribution in [3.05, 3.63) is 29.0 Å². The lowest BCUT2D eigenvalue weighted by Crippen LogP contribution is -2.48. The standard InChI is InChI=1S/C11H15ClN2O2/c1-3-11(2,7-15)14-10(16)9-5-4-8(12)6-13-9/h4-6,15H,3,7H2,1-2H3,(H,14,16). The second-order valence-corrected chi connectivity index (χ2v) is 4.32. The van der Waals surface area contributed by atoms with Crippen LogP contribution in [-0.4, -0.2) is 28.1 Å². The Kier molecular flexibility index (Phi) is 4.26. The molecule has 88 valence electrons. The second kappa shape index (κ2) is 5.27. The van der Waals surface area contributed by atoms with E-state index in [9.17, 15) is 4.79 Å². The Morgan fingerprint density at radius 3 is 2.75 bits per heavy atom. The van der Waals surface area contributed by atoms with Gasteiger partial charge in [-0.2, -0.15) is 0 Å². The number of halogens is 1. The first-order chi connectivity index (χ1) is 7.50. The van der Waals surface area contributed by atoms with E-state index in [0.717, 1.165) is 0 Å². The van der Waals surface area contributed by atoms with Gasteiger partial charge in [-0.1, -0.05) is 18.5 Å². The van der Waals surface area contributed by atoms with Crippen molar-refractivity contribution < 1.29 is 9.90 Å². The van der Waals surface area contributed by atoms with E-state index in [1.807, 2.05) is 6.92 Å². The number of carbonyl (C=O) groups is 1. The number of carbonyl (C=O) groups excluding carboxylic acids is 1. The van der Waals surface area contributed by atoms with Crippen LogP contribution in [0.4, 0.5) is 0 Å². The van der Waals surface area contributed by atoms with Crippen LogP contribution < -0.4 is 5.32 Å². The predicted molar refractivity (Wildman–Crippen MR) is 62.5 cm³/mol. The van der Waals surface area contributed by atoms with E-state index < -0.39 is 5.54 Å². The van der Waals surface area contributed by atoms with E-state index in [0.29, 0.717) is 11.4 Å². The summed E-state index contributed by atoms with van der Waals surface area (Å²) in [5.74, 6) is -0.310. The molecular weight excluding hydrogens is 228 g/mol. The number of aliphatic hydroxyl groups excluding tert-OH is 1. The number of rotatable bonds is 4. The van der Waals surface area contributed by atoms with Gasteiger partial charge in [0, 0.05) is 6.20 Å².